The van der Waals surface area contributed by atoms with Gasteiger partial charge in [-0.05, 0) is 37.6 Å². The maximum absolute atomic E-state index is 5.40. The minimum Gasteiger partial charge on any atom is -0.497 e. The molecule has 2 N–H and O–H groups in total. The summed E-state index contributed by atoms with van der Waals surface area (Å²) in [5.41, 5.74) is 1.22. The zero-order valence-electron chi connectivity index (χ0n) is 17.8. The average Bonchev–Trinajstić information content (AvgIpc) is 2.70. The quantitative estimate of drug-likeness (QED) is 0.235. The maximum atomic E-state index is 5.40. The van der Waals surface area contributed by atoms with E-state index >= 15 is 0 Å². The normalized spacial score (nSPS) is 15.6. The van der Waals surface area contributed by atoms with Gasteiger partial charge in [0.25, 0.3) is 0 Å². The smallest absolute Gasteiger partial charge is 0.191 e. The van der Waals surface area contributed by atoms with Gasteiger partial charge >= 0.3 is 0 Å². The molecule has 0 aromatic heterocycles. The van der Waals surface area contributed by atoms with E-state index in [9.17, 15) is 0 Å². The van der Waals surface area contributed by atoms with Gasteiger partial charge in [0.1, 0.15) is 5.75 Å². The highest BCUT2D eigenvalue weighted by molar-refractivity contribution is 14.0. The van der Waals surface area contributed by atoms with Crippen molar-refractivity contribution in [3.05, 3.63) is 29.8 Å². The minimum absolute atomic E-state index is 0. The number of morpholine rings is 1. The van der Waals surface area contributed by atoms with Crippen LogP contribution in [-0.2, 0) is 10.2 Å². The van der Waals surface area contributed by atoms with Crippen LogP contribution in [0, 0.1) is 0 Å². The van der Waals surface area contributed by atoms with Crippen LogP contribution in [0.25, 0.3) is 0 Å². The van der Waals surface area contributed by atoms with Gasteiger partial charge in [0, 0.05) is 31.6 Å². The van der Waals surface area contributed by atoms with E-state index in [2.05, 4.69) is 48.4 Å². The summed E-state index contributed by atoms with van der Waals surface area (Å²) in [5.74, 6) is 1.77. The molecular formula is C21H37IN4O2. The molecule has 0 spiro atoms. The lowest BCUT2D eigenvalue weighted by molar-refractivity contribution is 0.0376. The van der Waals surface area contributed by atoms with Gasteiger partial charge in [-0.15, -0.1) is 24.0 Å². The number of rotatable bonds is 9. The Hall–Kier alpha value is -1.06. The first-order chi connectivity index (χ1) is 13.0. The molecule has 1 saturated heterocycles. The lowest BCUT2D eigenvalue weighted by Gasteiger charge is -2.26. The van der Waals surface area contributed by atoms with Crippen molar-refractivity contribution >= 4 is 29.9 Å². The largest absolute Gasteiger partial charge is 0.497 e. The molecule has 0 atom stereocenters. The van der Waals surface area contributed by atoms with Crippen molar-refractivity contribution in [3.63, 3.8) is 0 Å². The number of nitrogens with zero attached hydrogens (tertiary/aromatic N) is 2. The lowest BCUT2D eigenvalue weighted by Crippen LogP contribution is -2.41. The standard InChI is InChI=1S/C21H36N4O2.HI/c1-5-22-20(23-11-6-12-25-13-15-27-16-14-25)24-17-21(2,3)18-7-9-19(26-4)10-8-18;/h7-10H,5-6,11-17H2,1-4H3,(H2,22,23,24);1H. The molecule has 0 amide bonds. The minimum atomic E-state index is -0.0393. The van der Waals surface area contributed by atoms with Gasteiger partial charge < -0.3 is 20.1 Å². The van der Waals surface area contributed by atoms with E-state index in [1.54, 1.807) is 7.11 Å². The number of aliphatic imine (C=N–C) groups is 1. The van der Waals surface area contributed by atoms with Crippen LogP contribution in [0.5, 0.6) is 5.75 Å². The number of hydrogen-bond donors (Lipinski definition) is 2. The van der Waals surface area contributed by atoms with Gasteiger partial charge in [-0.2, -0.15) is 0 Å². The van der Waals surface area contributed by atoms with Crippen LogP contribution in [0.2, 0.25) is 0 Å². The molecule has 2 rings (SSSR count). The van der Waals surface area contributed by atoms with Crippen LogP contribution in [0.15, 0.2) is 29.3 Å². The topological polar surface area (TPSA) is 58.1 Å². The van der Waals surface area contributed by atoms with E-state index in [4.69, 9.17) is 14.5 Å². The molecule has 0 aliphatic carbocycles. The van der Waals surface area contributed by atoms with Crippen LogP contribution in [0.1, 0.15) is 32.8 Å². The fourth-order valence-corrected chi connectivity index (χ4v) is 3.09. The van der Waals surface area contributed by atoms with Crippen LogP contribution in [0.4, 0.5) is 0 Å². The predicted molar refractivity (Wildman–Crippen MR) is 127 cm³/mol. The second-order valence-electron chi connectivity index (χ2n) is 7.54. The van der Waals surface area contributed by atoms with Crippen molar-refractivity contribution in [1.29, 1.82) is 0 Å². The molecule has 1 heterocycles. The molecule has 1 aromatic rings. The van der Waals surface area contributed by atoms with Crippen molar-refractivity contribution in [2.45, 2.75) is 32.6 Å². The van der Waals surface area contributed by atoms with Gasteiger partial charge in [-0.3, -0.25) is 9.89 Å². The molecule has 0 saturated carbocycles. The van der Waals surface area contributed by atoms with E-state index in [1.165, 1.54) is 5.56 Å². The number of guanidine groups is 1. The van der Waals surface area contributed by atoms with E-state index in [0.29, 0.717) is 0 Å². The first-order valence-electron chi connectivity index (χ1n) is 10.0. The lowest BCUT2D eigenvalue weighted by atomic mass is 9.85. The molecule has 1 aromatic carbocycles. The van der Waals surface area contributed by atoms with Crippen LogP contribution in [0.3, 0.4) is 0 Å². The van der Waals surface area contributed by atoms with E-state index in [-0.39, 0.29) is 29.4 Å². The molecular weight excluding hydrogens is 467 g/mol. The van der Waals surface area contributed by atoms with Gasteiger partial charge in [0.2, 0.25) is 0 Å². The van der Waals surface area contributed by atoms with Crippen molar-refractivity contribution in [2.24, 2.45) is 4.99 Å². The zero-order valence-corrected chi connectivity index (χ0v) is 20.1. The summed E-state index contributed by atoms with van der Waals surface area (Å²) in [4.78, 5) is 7.28. The van der Waals surface area contributed by atoms with Crippen molar-refractivity contribution in [3.8, 4) is 5.75 Å². The second kappa shape index (κ2) is 13.2. The number of ether oxygens (including phenoxy) is 2. The number of benzene rings is 1. The molecule has 0 radical (unpaired) electrons. The summed E-state index contributed by atoms with van der Waals surface area (Å²) in [5, 5.41) is 6.81. The van der Waals surface area contributed by atoms with E-state index in [0.717, 1.165) is 70.6 Å². The Kier molecular flexibility index (Phi) is 11.8. The molecule has 28 heavy (non-hydrogen) atoms. The third-order valence-electron chi connectivity index (χ3n) is 4.90. The Morgan fingerprint density at radius 1 is 1.18 bits per heavy atom. The van der Waals surface area contributed by atoms with Gasteiger partial charge in [-0.25, -0.2) is 0 Å². The van der Waals surface area contributed by atoms with Gasteiger partial charge in [-0.1, -0.05) is 26.0 Å². The number of hydrogen-bond acceptors (Lipinski definition) is 4. The molecule has 0 unspecified atom stereocenters. The molecule has 0 bridgehead atoms. The number of methoxy groups -OCH3 is 1. The van der Waals surface area contributed by atoms with E-state index < -0.39 is 0 Å². The molecule has 1 aliphatic heterocycles. The summed E-state index contributed by atoms with van der Waals surface area (Å²) in [6.07, 6.45) is 1.10. The highest BCUT2D eigenvalue weighted by Gasteiger charge is 2.20. The highest BCUT2D eigenvalue weighted by atomic mass is 127. The van der Waals surface area contributed by atoms with Crippen LogP contribution < -0.4 is 15.4 Å². The van der Waals surface area contributed by atoms with Crippen molar-refractivity contribution in [2.75, 3.05) is 59.6 Å². The average molecular weight is 504 g/mol. The second-order valence-corrected chi connectivity index (χ2v) is 7.54. The summed E-state index contributed by atoms with van der Waals surface area (Å²) < 4.78 is 10.6. The van der Waals surface area contributed by atoms with Crippen molar-refractivity contribution in [1.82, 2.24) is 15.5 Å². The summed E-state index contributed by atoms with van der Waals surface area (Å²) in [6.45, 7) is 14.0. The Balaban J connectivity index is 0.00000392. The van der Waals surface area contributed by atoms with Crippen molar-refractivity contribution < 1.29 is 9.47 Å². The summed E-state index contributed by atoms with van der Waals surface area (Å²) in [7, 11) is 1.69. The fraction of sp³-hybridized carbons (Fsp3) is 0.667. The third-order valence-corrected chi connectivity index (χ3v) is 4.90. The highest BCUT2D eigenvalue weighted by Crippen LogP contribution is 2.25. The number of halogens is 1. The SMILES string of the molecule is CCNC(=NCC(C)(C)c1ccc(OC)cc1)NCCCN1CCOCC1.I. The fourth-order valence-electron chi connectivity index (χ4n) is 3.09. The Bertz CT molecular complexity index is 572. The van der Waals surface area contributed by atoms with E-state index in [1.807, 2.05) is 12.1 Å². The van der Waals surface area contributed by atoms with Crippen LogP contribution in [-0.4, -0.2) is 70.5 Å². The molecule has 1 fully saturated rings. The Morgan fingerprint density at radius 2 is 1.86 bits per heavy atom. The number of nitrogens with one attached hydrogen (secondary N) is 2. The molecule has 6 nitrogen and oxygen atoms in total. The first kappa shape index (κ1) is 25.0. The van der Waals surface area contributed by atoms with Crippen LogP contribution >= 0.6 is 24.0 Å². The molecule has 1 aliphatic rings. The molecule has 160 valence electrons. The zero-order chi connectivity index (χ0) is 19.5. The summed E-state index contributed by atoms with van der Waals surface area (Å²) in [6, 6.07) is 8.26. The first-order valence-corrected chi connectivity index (χ1v) is 10.0. The van der Waals surface area contributed by atoms with Gasteiger partial charge in [0.15, 0.2) is 5.96 Å². The summed E-state index contributed by atoms with van der Waals surface area (Å²) >= 11 is 0. The Morgan fingerprint density at radius 3 is 2.46 bits per heavy atom. The molecule has 7 heteroatoms. The third kappa shape index (κ3) is 8.53. The van der Waals surface area contributed by atoms with Gasteiger partial charge in [0.05, 0.1) is 26.9 Å². The maximum Gasteiger partial charge on any atom is 0.191 e. The predicted octanol–water partition coefficient (Wildman–Crippen LogP) is 2.87. The monoisotopic (exact) mass is 504 g/mol. The Labute approximate surface area is 187 Å².